The third-order valence-electron chi connectivity index (χ3n) is 3.16. The average Bonchev–Trinajstić information content (AvgIpc) is 2.83. The average molecular weight is 304 g/mol. The van der Waals surface area contributed by atoms with Gasteiger partial charge in [-0.25, -0.2) is 4.98 Å². The van der Waals surface area contributed by atoms with E-state index in [4.69, 9.17) is 4.98 Å². The van der Waals surface area contributed by atoms with Gasteiger partial charge in [-0.3, -0.25) is 4.90 Å². The van der Waals surface area contributed by atoms with Crippen LogP contribution in [0.3, 0.4) is 0 Å². The van der Waals surface area contributed by atoms with E-state index in [-0.39, 0.29) is 0 Å². The minimum Gasteiger partial charge on any atom is -0.389 e. The minimum absolute atomic E-state index is 0.643. The molecule has 1 aromatic heterocycles. The zero-order valence-electron chi connectivity index (χ0n) is 13.0. The maximum Gasteiger partial charge on any atom is 0.0932 e. The van der Waals surface area contributed by atoms with Crippen molar-refractivity contribution in [3.8, 4) is 0 Å². The van der Waals surface area contributed by atoms with Gasteiger partial charge in [-0.1, -0.05) is 30.3 Å². The number of thiazole rings is 1. The summed E-state index contributed by atoms with van der Waals surface area (Å²) in [5.41, 5.74) is 1.78. The first-order valence-electron chi connectivity index (χ1n) is 7.30. The first-order valence-corrected chi connectivity index (χ1v) is 8.18. The van der Waals surface area contributed by atoms with Gasteiger partial charge >= 0.3 is 0 Å². The summed E-state index contributed by atoms with van der Waals surface area (Å²) >= 11 is 1.73. The minimum atomic E-state index is -0.666. The van der Waals surface area contributed by atoms with E-state index < -0.39 is 5.60 Å². The van der Waals surface area contributed by atoms with Gasteiger partial charge in [0.05, 0.1) is 16.3 Å². The van der Waals surface area contributed by atoms with Crippen molar-refractivity contribution in [1.29, 1.82) is 0 Å². The Morgan fingerprint density at radius 2 is 1.90 bits per heavy atom. The van der Waals surface area contributed by atoms with Gasteiger partial charge in [-0.2, -0.15) is 0 Å². The van der Waals surface area contributed by atoms with Crippen LogP contribution in [0.2, 0.25) is 0 Å². The van der Waals surface area contributed by atoms with E-state index in [1.807, 2.05) is 27.0 Å². The van der Waals surface area contributed by atoms with E-state index in [2.05, 4.69) is 34.5 Å². The number of hydrogen-bond donors (Lipinski definition) is 1. The topological polar surface area (TPSA) is 36.4 Å². The van der Waals surface area contributed by atoms with E-state index in [9.17, 15) is 5.11 Å². The van der Waals surface area contributed by atoms with E-state index in [1.54, 1.807) is 11.3 Å². The molecule has 2 aromatic rings. The third kappa shape index (κ3) is 5.96. The number of nitrogens with zero attached hydrogens (tertiary/aromatic N) is 2. The second-order valence-electron chi connectivity index (χ2n) is 6.20. The van der Waals surface area contributed by atoms with Crippen molar-refractivity contribution in [2.45, 2.75) is 38.8 Å². The molecule has 0 amide bonds. The maximum absolute atomic E-state index is 9.82. The van der Waals surface area contributed by atoms with Crippen LogP contribution in [0.25, 0.3) is 0 Å². The Kier molecular flexibility index (Phi) is 5.51. The summed E-state index contributed by atoms with van der Waals surface area (Å²) in [6, 6.07) is 10.5. The fourth-order valence-corrected chi connectivity index (χ4v) is 3.21. The highest BCUT2D eigenvalue weighted by Gasteiger charge is 2.16. The molecule has 1 N–H and O–H groups in total. The molecule has 0 saturated heterocycles. The largest absolute Gasteiger partial charge is 0.389 e. The van der Waals surface area contributed by atoms with Crippen LogP contribution in [0.5, 0.6) is 0 Å². The van der Waals surface area contributed by atoms with Crippen LogP contribution in [0.4, 0.5) is 0 Å². The van der Waals surface area contributed by atoms with Crippen LogP contribution < -0.4 is 0 Å². The van der Waals surface area contributed by atoms with Crippen LogP contribution >= 0.6 is 11.3 Å². The van der Waals surface area contributed by atoms with Crippen LogP contribution in [0.1, 0.15) is 30.1 Å². The summed E-state index contributed by atoms with van der Waals surface area (Å²) in [6.07, 6.45) is 2.02. The quantitative estimate of drug-likeness (QED) is 0.854. The number of likely N-dealkylation sites (N-methyl/N-ethyl adjacent to an activating group) is 1. The fraction of sp³-hybridized carbons (Fsp3) is 0.471. The second kappa shape index (κ2) is 7.16. The molecule has 0 fully saturated rings. The van der Waals surface area contributed by atoms with Gasteiger partial charge in [-0.15, -0.1) is 11.3 Å². The Bertz CT molecular complexity index is 545. The molecule has 1 aromatic carbocycles. The molecule has 0 atom stereocenters. The molecule has 0 spiro atoms. The van der Waals surface area contributed by atoms with Crippen molar-refractivity contribution < 1.29 is 5.11 Å². The van der Waals surface area contributed by atoms with Gasteiger partial charge in [0.15, 0.2) is 0 Å². The fourth-order valence-electron chi connectivity index (χ4n) is 2.43. The molecule has 0 saturated carbocycles. The Morgan fingerprint density at radius 3 is 2.57 bits per heavy atom. The molecular weight excluding hydrogens is 280 g/mol. The maximum atomic E-state index is 9.82. The van der Waals surface area contributed by atoms with Crippen molar-refractivity contribution in [3.63, 3.8) is 0 Å². The summed E-state index contributed by atoms with van der Waals surface area (Å²) in [5, 5.41) is 13.1. The first kappa shape index (κ1) is 16.1. The van der Waals surface area contributed by atoms with Crippen LogP contribution in [0.15, 0.2) is 35.7 Å². The van der Waals surface area contributed by atoms with Crippen LogP contribution in [-0.4, -0.2) is 34.2 Å². The highest BCUT2D eigenvalue weighted by molar-refractivity contribution is 7.09. The Morgan fingerprint density at radius 1 is 1.19 bits per heavy atom. The van der Waals surface area contributed by atoms with Crippen LogP contribution in [0, 0.1) is 0 Å². The molecule has 0 aliphatic carbocycles. The molecule has 0 aliphatic heterocycles. The summed E-state index contributed by atoms with van der Waals surface area (Å²) in [6.45, 7) is 5.08. The first-order chi connectivity index (χ1) is 9.92. The van der Waals surface area contributed by atoms with E-state index >= 15 is 0 Å². The Labute approximate surface area is 131 Å². The summed E-state index contributed by atoms with van der Waals surface area (Å²) < 4.78 is 0. The number of aryl methyl sites for hydroxylation is 2. The number of aliphatic hydroxyl groups is 1. The lowest BCUT2D eigenvalue weighted by Gasteiger charge is -2.24. The molecule has 21 heavy (non-hydrogen) atoms. The van der Waals surface area contributed by atoms with Gasteiger partial charge in [0.2, 0.25) is 0 Å². The van der Waals surface area contributed by atoms with E-state index in [1.165, 1.54) is 10.6 Å². The molecule has 0 aliphatic rings. The molecule has 2 rings (SSSR count). The van der Waals surface area contributed by atoms with E-state index in [0.717, 1.165) is 25.1 Å². The van der Waals surface area contributed by atoms with Gasteiger partial charge in [0.1, 0.15) is 0 Å². The summed E-state index contributed by atoms with van der Waals surface area (Å²) in [4.78, 5) is 6.80. The Balaban J connectivity index is 1.84. The normalized spacial score (nSPS) is 12.0. The zero-order chi connectivity index (χ0) is 15.3. The molecule has 114 valence electrons. The summed E-state index contributed by atoms with van der Waals surface area (Å²) in [7, 11) is 2.01. The standard InChI is InChI=1S/C17H24N2OS/c1-17(2,20)13-19(3)11-15-12-21-16(18-15)10-9-14-7-5-4-6-8-14/h4-8,12,20H,9-11,13H2,1-3H3. The molecule has 0 radical (unpaired) electrons. The van der Waals surface area contributed by atoms with Gasteiger partial charge < -0.3 is 5.11 Å². The molecule has 4 heteroatoms. The van der Waals surface area contributed by atoms with E-state index in [0.29, 0.717) is 6.54 Å². The lowest BCUT2D eigenvalue weighted by atomic mass is 10.1. The number of aromatic nitrogens is 1. The Hall–Kier alpha value is -1.23. The number of rotatable bonds is 7. The molecule has 1 heterocycles. The van der Waals surface area contributed by atoms with Crippen molar-refractivity contribution in [3.05, 3.63) is 52.0 Å². The van der Waals surface area contributed by atoms with Gasteiger partial charge in [-0.05, 0) is 32.9 Å². The van der Waals surface area contributed by atoms with Crippen molar-refractivity contribution >= 4 is 11.3 Å². The number of hydrogen-bond acceptors (Lipinski definition) is 4. The third-order valence-corrected chi connectivity index (χ3v) is 4.12. The molecule has 0 bridgehead atoms. The van der Waals surface area contributed by atoms with Crippen LogP contribution in [-0.2, 0) is 19.4 Å². The smallest absolute Gasteiger partial charge is 0.0932 e. The molecule has 3 nitrogen and oxygen atoms in total. The number of benzene rings is 1. The SMILES string of the molecule is CN(Cc1csc(CCc2ccccc2)n1)CC(C)(C)O. The molecular formula is C17H24N2OS. The highest BCUT2D eigenvalue weighted by atomic mass is 32.1. The van der Waals surface area contributed by atoms with Crippen molar-refractivity contribution in [1.82, 2.24) is 9.88 Å². The lowest BCUT2D eigenvalue weighted by molar-refractivity contribution is 0.0422. The molecule has 0 unspecified atom stereocenters. The predicted octanol–water partition coefficient (Wildman–Crippen LogP) is 3.13. The van der Waals surface area contributed by atoms with Crippen molar-refractivity contribution in [2.24, 2.45) is 0 Å². The van der Waals surface area contributed by atoms with Gasteiger partial charge in [0.25, 0.3) is 0 Å². The highest BCUT2D eigenvalue weighted by Crippen LogP contribution is 2.15. The lowest BCUT2D eigenvalue weighted by Crippen LogP contribution is -2.35. The van der Waals surface area contributed by atoms with Gasteiger partial charge in [0, 0.05) is 24.9 Å². The second-order valence-corrected chi connectivity index (χ2v) is 7.15. The zero-order valence-corrected chi connectivity index (χ0v) is 13.9. The van der Waals surface area contributed by atoms with Crippen molar-refractivity contribution in [2.75, 3.05) is 13.6 Å². The monoisotopic (exact) mass is 304 g/mol. The predicted molar refractivity (Wildman–Crippen MR) is 88.6 cm³/mol. The summed E-state index contributed by atoms with van der Waals surface area (Å²) in [5.74, 6) is 0.